The molecular weight excluding hydrogens is 342 g/mol. The molecule has 0 atom stereocenters. The minimum absolute atomic E-state index is 0.0675. The molecule has 0 unspecified atom stereocenters. The van der Waals surface area contributed by atoms with Gasteiger partial charge in [0.2, 0.25) is 5.91 Å². The molecule has 2 aliphatic heterocycles. The summed E-state index contributed by atoms with van der Waals surface area (Å²) in [6, 6.07) is 6.31. The molecule has 134 valence electrons. The molecule has 0 radical (unpaired) electrons. The Kier molecular flexibility index (Phi) is 4.81. The van der Waals surface area contributed by atoms with Crippen molar-refractivity contribution < 1.29 is 13.9 Å². The van der Waals surface area contributed by atoms with Gasteiger partial charge in [-0.3, -0.25) is 4.79 Å². The van der Waals surface area contributed by atoms with E-state index in [4.69, 9.17) is 20.8 Å². The summed E-state index contributed by atoms with van der Waals surface area (Å²) in [6.45, 7) is 3.02. The van der Waals surface area contributed by atoms with E-state index in [9.17, 15) is 4.79 Å². The molecule has 1 N–H and O–H groups in total. The van der Waals surface area contributed by atoms with Gasteiger partial charge in [0.05, 0.1) is 0 Å². The number of benzene rings is 1. The van der Waals surface area contributed by atoms with Gasteiger partial charge in [-0.1, -0.05) is 11.6 Å². The van der Waals surface area contributed by atoms with Crippen LogP contribution in [0.15, 0.2) is 22.6 Å². The summed E-state index contributed by atoms with van der Waals surface area (Å²) in [5.41, 5.74) is 1.50. The minimum Gasteiger partial charge on any atom is -0.423 e. The number of anilines is 1. The summed E-state index contributed by atoms with van der Waals surface area (Å²) < 4.78 is 11.2. The van der Waals surface area contributed by atoms with Crippen LogP contribution >= 0.6 is 11.6 Å². The second-order valence-corrected chi connectivity index (χ2v) is 7.20. The van der Waals surface area contributed by atoms with Crippen molar-refractivity contribution in [3.05, 3.63) is 23.2 Å². The number of hydrogen-bond donors (Lipinski definition) is 1. The quantitative estimate of drug-likeness (QED) is 0.908. The van der Waals surface area contributed by atoms with Crippen LogP contribution in [0.5, 0.6) is 0 Å². The lowest BCUT2D eigenvalue weighted by molar-refractivity contribution is -0.126. The lowest BCUT2D eigenvalue weighted by Crippen LogP contribution is -2.45. The zero-order valence-corrected chi connectivity index (χ0v) is 14.8. The molecule has 7 heteroatoms. The SMILES string of the molecule is O=C(NC1CCOCC1)C1CCN(c2nc3cc(Cl)ccc3o2)CC1. The molecule has 25 heavy (non-hydrogen) atoms. The van der Waals surface area contributed by atoms with Crippen molar-refractivity contribution >= 4 is 34.6 Å². The lowest BCUT2D eigenvalue weighted by atomic mass is 9.95. The largest absolute Gasteiger partial charge is 0.423 e. The van der Waals surface area contributed by atoms with Gasteiger partial charge in [0.15, 0.2) is 5.58 Å². The van der Waals surface area contributed by atoms with Crippen molar-refractivity contribution in [2.24, 2.45) is 5.92 Å². The number of amides is 1. The number of hydrogen-bond acceptors (Lipinski definition) is 5. The highest BCUT2D eigenvalue weighted by Gasteiger charge is 2.28. The van der Waals surface area contributed by atoms with Crippen LogP contribution in [0, 0.1) is 5.92 Å². The van der Waals surface area contributed by atoms with Crippen molar-refractivity contribution in [2.75, 3.05) is 31.2 Å². The summed E-state index contributed by atoms with van der Waals surface area (Å²) in [5, 5.41) is 3.83. The number of nitrogens with one attached hydrogen (secondary N) is 1. The predicted molar refractivity (Wildman–Crippen MR) is 95.9 cm³/mol. The maximum absolute atomic E-state index is 12.5. The molecule has 0 saturated carbocycles. The molecule has 1 amide bonds. The first-order chi connectivity index (χ1) is 12.2. The third kappa shape index (κ3) is 3.75. The highest BCUT2D eigenvalue weighted by molar-refractivity contribution is 6.31. The van der Waals surface area contributed by atoms with Crippen LogP contribution in [0.4, 0.5) is 6.01 Å². The van der Waals surface area contributed by atoms with E-state index in [2.05, 4.69) is 15.2 Å². The fourth-order valence-electron chi connectivity index (χ4n) is 3.52. The van der Waals surface area contributed by atoms with Crippen LogP contribution in [0.3, 0.4) is 0 Å². The Morgan fingerprint density at radius 2 is 1.96 bits per heavy atom. The number of carbonyl (C=O) groups is 1. The van der Waals surface area contributed by atoms with Gasteiger partial charge in [-0.15, -0.1) is 0 Å². The number of halogens is 1. The monoisotopic (exact) mass is 363 g/mol. The Balaban J connectivity index is 1.34. The van der Waals surface area contributed by atoms with Crippen molar-refractivity contribution in [2.45, 2.75) is 31.7 Å². The number of aromatic nitrogens is 1. The van der Waals surface area contributed by atoms with Gasteiger partial charge in [-0.25, -0.2) is 0 Å². The minimum atomic E-state index is 0.0675. The first kappa shape index (κ1) is 16.7. The molecule has 2 aromatic rings. The number of rotatable bonds is 3. The molecule has 6 nitrogen and oxygen atoms in total. The zero-order chi connectivity index (χ0) is 17.2. The van der Waals surface area contributed by atoms with E-state index in [0.717, 1.165) is 63.1 Å². The van der Waals surface area contributed by atoms with E-state index < -0.39 is 0 Å². The molecule has 0 bridgehead atoms. The van der Waals surface area contributed by atoms with Crippen LogP contribution in [0.1, 0.15) is 25.7 Å². The average Bonchev–Trinajstić information content (AvgIpc) is 3.06. The number of oxazole rings is 1. The van der Waals surface area contributed by atoms with Gasteiger partial charge < -0.3 is 19.4 Å². The predicted octanol–water partition coefficient (Wildman–Crippen LogP) is 2.99. The first-order valence-corrected chi connectivity index (χ1v) is 9.26. The second-order valence-electron chi connectivity index (χ2n) is 6.77. The molecule has 1 aromatic heterocycles. The zero-order valence-electron chi connectivity index (χ0n) is 14.0. The molecule has 2 fully saturated rings. The third-order valence-corrected chi connectivity index (χ3v) is 5.28. The number of piperidine rings is 1. The van der Waals surface area contributed by atoms with Gasteiger partial charge in [0.25, 0.3) is 6.01 Å². The lowest BCUT2D eigenvalue weighted by Gasteiger charge is -2.31. The number of fused-ring (bicyclic) bond motifs is 1. The van der Waals surface area contributed by atoms with Crippen LogP contribution in [0.2, 0.25) is 5.02 Å². The summed E-state index contributed by atoms with van der Waals surface area (Å²) in [5.74, 6) is 0.244. The summed E-state index contributed by atoms with van der Waals surface area (Å²) >= 11 is 6.00. The Morgan fingerprint density at radius 1 is 1.20 bits per heavy atom. The van der Waals surface area contributed by atoms with Gasteiger partial charge in [-0.2, -0.15) is 4.98 Å². The van der Waals surface area contributed by atoms with E-state index in [-0.39, 0.29) is 17.9 Å². The van der Waals surface area contributed by atoms with Crippen molar-refractivity contribution in [3.63, 3.8) is 0 Å². The molecular formula is C18H22ClN3O3. The smallest absolute Gasteiger partial charge is 0.298 e. The van der Waals surface area contributed by atoms with Crippen molar-refractivity contribution in [1.29, 1.82) is 0 Å². The van der Waals surface area contributed by atoms with Gasteiger partial charge >= 0.3 is 0 Å². The Labute approximate surface area is 151 Å². The van der Waals surface area contributed by atoms with Gasteiger partial charge in [0.1, 0.15) is 5.52 Å². The van der Waals surface area contributed by atoms with E-state index in [1.807, 2.05) is 6.07 Å². The standard InChI is InChI=1S/C18H22ClN3O3/c19-13-1-2-16-15(11-13)21-18(25-16)22-7-3-12(4-8-22)17(23)20-14-5-9-24-10-6-14/h1-2,11-12,14H,3-10H2,(H,20,23). The fourth-order valence-corrected chi connectivity index (χ4v) is 3.68. The maximum atomic E-state index is 12.5. The van der Waals surface area contributed by atoms with E-state index in [0.29, 0.717) is 11.0 Å². The highest BCUT2D eigenvalue weighted by atomic mass is 35.5. The number of ether oxygens (including phenoxy) is 1. The normalized spacial score (nSPS) is 20.1. The summed E-state index contributed by atoms with van der Waals surface area (Å²) in [4.78, 5) is 19.1. The molecule has 4 rings (SSSR count). The van der Waals surface area contributed by atoms with Crippen molar-refractivity contribution in [1.82, 2.24) is 10.3 Å². The number of carbonyl (C=O) groups excluding carboxylic acids is 1. The summed E-state index contributed by atoms with van der Waals surface area (Å²) in [7, 11) is 0. The van der Waals surface area contributed by atoms with E-state index in [1.165, 1.54) is 0 Å². The molecule has 0 aliphatic carbocycles. The average molecular weight is 364 g/mol. The van der Waals surface area contributed by atoms with Crippen LogP contribution < -0.4 is 10.2 Å². The molecule has 0 spiro atoms. The van der Waals surface area contributed by atoms with E-state index in [1.54, 1.807) is 12.1 Å². The summed E-state index contributed by atoms with van der Waals surface area (Å²) in [6.07, 6.45) is 3.45. The highest BCUT2D eigenvalue weighted by Crippen LogP contribution is 2.28. The van der Waals surface area contributed by atoms with Crippen LogP contribution in [-0.4, -0.2) is 43.2 Å². The first-order valence-electron chi connectivity index (χ1n) is 8.88. The third-order valence-electron chi connectivity index (χ3n) is 5.04. The molecule has 2 saturated heterocycles. The number of nitrogens with zero attached hydrogens (tertiary/aromatic N) is 2. The fraction of sp³-hybridized carbons (Fsp3) is 0.556. The van der Waals surface area contributed by atoms with Crippen molar-refractivity contribution in [3.8, 4) is 0 Å². The molecule has 3 heterocycles. The molecule has 2 aliphatic rings. The van der Waals surface area contributed by atoms with Gasteiger partial charge in [0, 0.05) is 43.3 Å². The Hall–Kier alpha value is -1.79. The van der Waals surface area contributed by atoms with Crippen LogP contribution in [-0.2, 0) is 9.53 Å². The van der Waals surface area contributed by atoms with Crippen LogP contribution in [0.25, 0.3) is 11.1 Å². The topological polar surface area (TPSA) is 67.6 Å². The van der Waals surface area contributed by atoms with E-state index >= 15 is 0 Å². The Bertz CT molecular complexity index is 749. The Morgan fingerprint density at radius 3 is 2.72 bits per heavy atom. The maximum Gasteiger partial charge on any atom is 0.298 e. The second kappa shape index (κ2) is 7.22. The molecule has 1 aromatic carbocycles. The van der Waals surface area contributed by atoms with Gasteiger partial charge in [-0.05, 0) is 43.9 Å².